The summed E-state index contributed by atoms with van der Waals surface area (Å²) in [6.07, 6.45) is 1.94. The number of carbonyl (C=O) groups is 1. The number of para-hydroxylation sites is 1. The Kier molecular flexibility index (Phi) is 8.47. The maximum absolute atomic E-state index is 12.9. The molecular formula is C24H33N3O5S. The number of aliphatic hydroxyl groups is 1. The van der Waals surface area contributed by atoms with Crippen molar-refractivity contribution in [3.63, 3.8) is 0 Å². The van der Waals surface area contributed by atoms with Crippen molar-refractivity contribution in [2.45, 2.75) is 50.2 Å². The van der Waals surface area contributed by atoms with Gasteiger partial charge in [0.25, 0.3) is 16.1 Å². The number of ether oxygens (including phenoxy) is 1. The number of methoxy groups -OCH3 is 1. The van der Waals surface area contributed by atoms with E-state index >= 15 is 0 Å². The lowest BCUT2D eigenvalue weighted by Gasteiger charge is -2.41. The Bertz CT molecular complexity index is 1020. The second kappa shape index (κ2) is 11.1. The lowest BCUT2D eigenvalue weighted by Crippen LogP contribution is -2.50. The molecular weight excluding hydrogens is 442 g/mol. The third-order valence-corrected chi connectivity index (χ3v) is 7.35. The van der Waals surface area contributed by atoms with Crippen LogP contribution in [0.2, 0.25) is 0 Å². The molecule has 0 aromatic heterocycles. The summed E-state index contributed by atoms with van der Waals surface area (Å²) in [4.78, 5) is 12.9. The van der Waals surface area contributed by atoms with Crippen LogP contribution in [0.5, 0.6) is 5.75 Å². The van der Waals surface area contributed by atoms with Crippen LogP contribution in [-0.2, 0) is 15.6 Å². The summed E-state index contributed by atoms with van der Waals surface area (Å²) in [6, 6.07) is 16.9. The number of hydrogen-bond donors (Lipinski definition) is 4. The van der Waals surface area contributed by atoms with Crippen molar-refractivity contribution in [3.8, 4) is 5.75 Å². The summed E-state index contributed by atoms with van der Waals surface area (Å²) < 4.78 is 34.9. The van der Waals surface area contributed by atoms with Crippen molar-refractivity contribution in [1.82, 2.24) is 14.8 Å². The lowest BCUT2D eigenvalue weighted by molar-refractivity contribution is 0.0932. The van der Waals surface area contributed by atoms with E-state index in [9.17, 15) is 18.3 Å². The van der Waals surface area contributed by atoms with Gasteiger partial charge in [-0.05, 0) is 50.3 Å². The van der Waals surface area contributed by atoms with Gasteiger partial charge in [-0.2, -0.15) is 17.9 Å². The van der Waals surface area contributed by atoms with E-state index in [1.807, 2.05) is 24.3 Å². The van der Waals surface area contributed by atoms with Gasteiger partial charge in [-0.15, -0.1) is 0 Å². The zero-order valence-corrected chi connectivity index (χ0v) is 19.9. The maximum Gasteiger partial charge on any atom is 0.277 e. The fourth-order valence-corrected chi connectivity index (χ4v) is 5.53. The van der Waals surface area contributed by atoms with Crippen LogP contribution >= 0.6 is 0 Å². The largest absolute Gasteiger partial charge is 0.496 e. The molecule has 2 aromatic rings. The van der Waals surface area contributed by atoms with Gasteiger partial charge < -0.3 is 15.2 Å². The standard InChI is InChI=1S/C24H33N3O5S/c1-18(28)16-26-33(30,31)27-20-12-14-24(15-13-20,19-8-4-3-5-9-19)17-25-23(29)21-10-6-7-11-22(21)32-2/h3-11,18,20,26-28H,12-17H2,1-2H3,(H,25,29)/t18-,20?,24?/m0/s1. The molecule has 9 heteroatoms. The number of nitrogens with one attached hydrogen (secondary N) is 3. The summed E-state index contributed by atoms with van der Waals surface area (Å²) in [6.45, 7) is 1.93. The van der Waals surface area contributed by atoms with E-state index in [4.69, 9.17) is 4.74 Å². The average molecular weight is 476 g/mol. The Hall–Kier alpha value is -2.46. The van der Waals surface area contributed by atoms with Crippen LogP contribution in [-0.4, -0.2) is 51.8 Å². The quantitative estimate of drug-likeness (QED) is 0.420. The number of rotatable bonds is 10. The second-order valence-corrected chi connectivity index (χ2v) is 10.2. The molecule has 4 N–H and O–H groups in total. The van der Waals surface area contributed by atoms with Crippen LogP contribution < -0.4 is 19.5 Å². The van der Waals surface area contributed by atoms with Crippen LogP contribution in [0.4, 0.5) is 0 Å². The lowest BCUT2D eigenvalue weighted by atomic mass is 9.68. The summed E-state index contributed by atoms with van der Waals surface area (Å²) in [5, 5.41) is 12.4. The van der Waals surface area contributed by atoms with Gasteiger partial charge in [0.05, 0.1) is 18.8 Å². The van der Waals surface area contributed by atoms with Gasteiger partial charge in [0.1, 0.15) is 5.75 Å². The van der Waals surface area contributed by atoms with Crippen LogP contribution in [0, 0.1) is 0 Å². The summed E-state index contributed by atoms with van der Waals surface area (Å²) in [7, 11) is -2.15. The Morgan fingerprint density at radius 1 is 1.12 bits per heavy atom. The number of amides is 1. The molecule has 180 valence electrons. The molecule has 1 aliphatic carbocycles. The predicted molar refractivity (Wildman–Crippen MR) is 127 cm³/mol. The van der Waals surface area contributed by atoms with E-state index in [2.05, 4.69) is 26.9 Å². The average Bonchev–Trinajstić information content (AvgIpc) is 2.83. The minimum atomic E-state index is -3.69. The van der Waals surface area contributed by atoms with Crippen molar-refractivity contribution >= 4 is 16.1 Å². The molecule has 0 saturated heterocycles. The van der Waals surface area contributed by atoms with Crippen molar-refractivity contribution in [2.75, 3.05) is 20.2 Å². The van der Waals surface area contributed by atoms with E-state index in [0.717, 1.165) is 5.56 Å². The molecule has 33 heavy (non-hydrogen) atoms. The number of benzene rings is 2. The molecule has 0 aliphatic heterocycles. The Morgan fingerprint density at radius 2 is 1.76 bits per heavy atom. The van der Waals surface area contributed by atoms with Crippen molar-refractivity contribution in [3.05, 3.63) is 65.7 Å². The minimum absolute atomic E-state index is 0.0367. The number of carbonyl (C=O) groups excluding carboxylic acids is 1. The molecule has 2 aromatic carbocycles. The number of hydrogen-bond acceptors (Lipinski definition) is 5. The molecule has 0 heterocycles. The zero-order chi connectivity index (χ0) is 23.9. The highest BCUT2D eigenvalue weighted by atomic mass is 32.2. The van der Waals surface area contributed by atoms with Gasteiger partial charge in [0.2, 0.25) is 0 Å². The molecule has 0 bridgehead atoms. The van der Waals surface area contributed by atoms with E-state index in [0.29, 0.717) is 43.5 Å². The van der Waals surface area contributed by atoms with Gasteiger partial charge in [-0.25, -0.2) is 0 Å². The predicted octanol–water partition coefficient (Wildman–Crippen LogP) is 2.11. The number of aliphatic hydroxyl groups excluding tert-OH is 1. The summed E-state index contributed by atoms with van der Waals surface area (Å²) in [5.41, 5.74) is 1.31. The molecule has 0 spiro atoms. The van der Waals surface area contributed by atoms with E-state index < -0.39 is 16.3 Å². The zero-order valence-electron chi connectivity index (χ0n) is 19.1. The highest BCUT2D eigenvalue weighted by Crippen LogP contribution is 2.39. The van der Waals surface area contributed by atoms with Gasteiger partial charge in [0, 0.05) is 24.5 Å². The van der Waals surface area contributed by atoms with E-state index in [1.165, 1.54) is 14.0 Å². The fourth-order valence-electron chi connectivity index (χ4n) is 4.32. The smallest absolute Gasteiger partial charge is 0.277 e. The SMILES string of the molecule is COc1ccccc1C(=O)NCC1(c2ccccc2)CCC(NS(=O)(=O)NC[C@H](C)O)CC1. The van der Waals surface area contributed by atoms with E-state index in [-0.39, 0.29) is 23.9 Å². The monoisotopic (exact) mass is 475 g/mol. The maximum atomic E-state index is 12.9. The van der Waals surface area contributed by atoms with Crippen LogP contribution in [0.15, 0.2) is 54.6 Å². The summed E-state index contributed by atoms with van der Waals surface area (Å²) in [5.74, 6) is 0.319. The molecule has 1 aliphatic rings. The molecule has 8 nitrogen and oxygen atoms in total. The third-order valence-electron chi connectivity index (χ3n) is 6.16. The molecule has 0 unspecified atom stereocenters. The molecule has 1 atom stereocenters. The molecule has 3 rings (SSSR count). The Morgan fingerprint density at radius 3 is 2.39 bits per heavy atom. The Labute approximate surface area is 195 Å². The molecule has 0 radical (unpaired) electrons. The second-order valence-electron chi connectivity index (χ2n) is 8.62. The van der Waals surface area contributed by atoms with Crippen molar-refractivity contribution in [1.29, 1.82) is 0 Å². The first-order chi connectivity index (χ1) is 15.7. The van der Waals surface area contributed by atoms with Crippen LogP contribution in [0.3, 0.4) is 0 Å². The first-order valence-electron chi connectivity index (χ1n) is 11.2. The van der Waals surface area contributed by atoms with E-state index in [1.54, 1.807) is 18.2 Å². The van der Waals surface area contributed by atoms with Crippen molar-refractivity contribution in [2.24, 2.45) is 0 Å². The molecule has 1 fully saturated rings. The third kappa shape index (κ3) is 6.77. The molecule has 1 amide bonds. The fraction of sp³-hybridized carbons (Fsp3) is 0.458. The topological polar surface area (TPSA) is 117 Å². The first-order valence-corrected chi connectivity index (χ1v) is 12.6. The van der Waals surface area contributed by atoms with Gasteiger partial charge >= 0.3 is 0 Å². The van der Waals surface area contributed by atoms with Crippen LogP contribution in [0.1, 0.15) is 48.5 Å². The van der Waals surface area contributed by atoms with Crippen LogP contribution in [0.25, 0.3) is 0 Å². The van der Waals surface area contributed by atoms with Crippen molar-refractivity contribution < 1.29 is 23.1 Å². The van der Waals surface area contributed by atoms with Gasteiger partial charge in [0.15, 0.2) is 0 Å². The molecule has 1 saturated carbocycles. The first kappa shape index (κ1) is 25.2. The summed E-state index contributed by atoms with van der Waals surface area (Å²) >= 11 is 0. The normalized spacial score (nSPS) is 21.8. The van der Waals surface area contributed by atoms with Gasteiger partial charge in [-0.3, -0.25) is 4.79 Å². The Balaban J connectivity index is 1.70. The minimum Gasteiger partial charge on any atom is -0.496 e. The highest BCUT2D eigenvalue weighted by molar-refractivity contribution is 7.87. The van der Waals surface area contributed by atoms with Gasteiger partial charge in [-0.1, -0.05) is 42.5 Å². The highest BCUT2D eigenvalue weighted by Gasteiger charge is 2.38.